The van der Waals surface area contributed by atoms with Crippen LogP contribution in [0, 0.1) is 13.8 Å². The van der Waals surface area contributed by atoms with Crippen LogP contribution in [0.15, 0.2) is 83.8 Å². The second-order valence-electron chi connectivity index (χ2n) is 9.13. The average molecular weight is 522 g/mol. The number of anilines is 1. The van der Waals surface area contributed by atoms with Crippen molar-refractivity contribution in [1.29, 1.82) is 0 Å². The van der Waals surface area contributed by atoms with Crippen LogP contribution in [0.2, 0.25) is 0 Å². The third kappa shape index (κ3) is 7.20. The maximum Gasteiger partial charge on any atom is 0.264 e. The Balaban J connectivity index is 1.99. The third-order valence-corrected chi connectivity index (χ3v) is 7.91. The number of hydrogen-bond donors (Lipinski definition) is 1. The molecule has 0 radical (unpaired) electrons. The van der Waals surface area contributed by atoms with Crippen molar-refractivity contribution in [2.24, 2.45) is 0 Å². The number of nitrogens with one attached hydrogen (secondary N) is 1. The normalized spacial score (nSPS) is 12.0. The van der Waals surface area contributed by atoms with Crippen LogP contribution in [-0.2, 0) is 26.2 Å². The minimum absolute atomic E-state index is 0.0924. The van der Waals surface area contributed by atoms with E-state index < -0.39 is 28.5 Å². The predicted molar refractivity (Wildman–Crippen MR) is 147 cm³/mol. The fourth-order valence-corrected chi connectivity index (χ4v) is 5.25. The molecule has 0 saturated heterocycles. The standard InChI is InChI=1S/C29H35N3O4S/c1-5-19-30-29(34)24(4)31(20-25-9-7-6-8-10-25)28(33)21-32(26-15-11-22(2)12-16-26)37(35,36)27-17-13-23(3)14-18-27/h6-18,24H,5,19-21H2,1-4H3,(H,30,34)/t24-/m0/s1. The zero-order valence-electron chi connectivity index (χ0n) is 21.8. The number of sulfonamides is 1. The van der Waals surface area contributed by atoms with Gasteiger partial charge in [-0.25, -0.2) is 8.42 Å². The Morgan fingerprint density at radius 2 is 1.43 bits per heavy atom. The molecule has 0 aliphatic carbocycles. The van der Waals surface area contributed by atoms with E-state index in [-0.39, 0.29) is 17.3 Å². The summed E-state index contributed by atoms with van der Waals surface area (Å²) in [5.41, 5.74) is 3.11. The van der Waals surface area contributed by atoms with Crippen molar-refractivity contribution >= 4 is 27.5 Å². The van der Waals surface area contributed by atoms with Crippen molar-refractivity contribution in [2.45, 2.75) is 51.6 Å². The molecule has 0 heterocycles. The molecule has 0 saturated carbocycles. The molecule has 0 unspecified atom stereocenters. The van der Waals surface area contributed by atoms with Crippen LogP contribution in [0.3, 0.4) is 0 Å². The fraction of sp³-hybridized carbons (Fsp3) is 0.310. The third-order valence-electron chi connectivity index (χ3n) is 6.12. The van der Waals surface area contributed by atoms with E-state index in [1.807, 2.05) is 51.1 Å². The van der Waals surface area contributed by atoms with Gasteiger partial charge < -0.3 is 10.2 Å². The first-order valence-corrected chi connectivity index (χ1v) is 13.8. The maximum absolute atomic E-state index is 13.8. The van der Waals surface area contributed by atoms with Crippen LogP contribution in [0.25, 0.3) is 0 Å². The van der Waals surface area contributed by atoms with Gasteiger partial charge in [0, 0.05) is 13.1 Å². The highest BCUT2D eigenvalue weighted by Crippen LogP contribution is 2.25. The first-order chi connectivity index (χ1) is 17.6. The molecule has 8 heteroatoms. The van der Waals surface area contributed by atoms with Gasteiger partial charge in [0.15, 0.2) is 0 Å². The summed E-state index contributed by atoms with van der Waals surface area (Å²) < 4.78 is 28.7. The van der Waals surface area contributed by atoms with E-state index in [1.54, 1.807) is 55.5 Å². The molecule has 2 amide bonds. The number of nitrogens with zero attached hydrogens (tertiary/aromatic N) is 2. The largest absolute Gasteiger partial charge is 0.354 e. The minimum atomic E-state index is -4.06. The van der Waals surface area contributed by atoms with Gasteiger partial charge in [-0.15, -0.1) is 0 Å². The number of carbonyl (C=O) groups is 2. The van der Waals surface area contributed by atoms with Crippen molar-refractivity contribution in [2.75, 3.05) is 17.4 Å². The van der Waals surface area contributed by atoms with Crippen LogP contribution >= 0.6 is 0 Å². The van der Waals surface area contributed by atoms with Crippen LogP contribution < -0.4 is 9.62 Å². The van der Waals surface area contributed by atoms with Crippen LogP contribution in [-0.4, -0.2) is 44.3 Å². The van der Waals surface area contributed by atoms with E-state index in [4.69, 9.17) is 0 Å². The number of hydrogen-bond acceptors (Lipinski definition) is 4. The molecule has 196 valence electrons. The lowest BCUT2D eigenvalue weighted by molar-refractivity contribution is -0.139. The van der Waals surface area contributed by atoms with Gasteiger partial charge in [-0.1, -0.05) is 72.6 Å². The quantitative estimate of drug-likeness (QED) is 0.404. The highest BCUT2D eigenvalue weighted by atomic mass is 32.2. The average Bonchev–Trinajstić information content (AvgIpc) is 2.89. The lowest BCUT2D eigenvalue weighted by atomic mass is 10.1. The highest BCUT2D eigenvalue weighted by molar-refractivity contribution is 7.92. The van der Waals surface area contributed by atoms with Crippen LogP contribution in [0.5, 0.6) is 0 Å². The van der Waals surface area contributed by atoms with Gasteiger partial charge in [0.1, 0.15) is 12.6 Å². The first kappa shape index (κ1) is 27.9. The minimum Gasteiger partial charge on any atom is -0.354 e. The molecule has 1 atom stereocenters. The van der Waals surface area contributed by atoms with Gasteiger partial charge in [0.25, 0.3) is 10.0 Å². The summed E-state index contributed by atoms with van der Waals surface area (Å²) in [5.74, 6) is -0.756. The molecule has 0 aliphatic rings. The van der Waals surface area contributed by atoms with Crippen LogP contribution in [0.4, 0.5) is 5.69 Å². The Morgan fingerprint density at radius 1 is 0.865 bits per heavy atom. The van der Waals surface area contributed by atoms with Crippen molar-refractivity contribution in [3.8, 4) is 0 Å². The van der Waals surface area contributed by atoms with Gasteiger partial charge in [0.2, 0.25) is 11.8 Å². The molecule has 3 aromatic rings. The monoisotopic (exact) mass is 521 g/mol. The van der Waals surface area contributed by atoms with Gasteiger partial charge in [-0.3, -0.25) is 13.9 Å². The van der Waals surface area contributed by atoms with Gasteiger partial charge in [-0.05, 0) is 57.0 Å². The Morgan fingerprint density at radius 3 is 2.00 bits per heavy atom. The number of aryl methyl sites for hydroxylation is 2. The summed E-state index contributed by atoms with van der Waals surface area (Å²) in [4.78, 5) is 28.2. The number of benzene rings is 3. The molecular weight excluding hydrogens is 486 g/mol. The van der Waals surface area contributed by atoms with E-state index in [1.165, 1.54) is 4.90 Å². The number of amides is 2. The topological polar surface area (TPSA) is 86.8 Å². The molecule has 0 aliphatic heterocycles. The van der Waals surface area contributed by atoms with Crippen molar-refractivity contribution < 1.29 is 18.0 Å². The van der Waals surface area contributed by atoms with Crippen molar-refractivity contribution in [3.63, 3.8) is 0 Å². The SMILES string of the molecule is CCCNC(=O)[C@H](C)N(Cc1ccccc1)C(=O)CN(c1ccc(C)cc1)S(=O)(=O)c1ccc(C)cc1. The molecule has 3 aromatic carbocycles. The molecule has 37 heavy (non-hydrogen) atoms. The van der Waals surface area contributed by atoms with E-state index >= 15 is 0 Å². The second kappa shape index (κ2) is 12.5. The van der Waals surface area contributed by atoms with Gasteiger partial charge in [0.05, 0.1) is 10.6 Å². The Bertz CT molecular complexity index is 1290. The maximum atomic E-state index is 13.8. The van der Waals surface area contributed by atoms with E-state index in [9.17, 15) is 18.0 Å². The zero-order chi connectivity index (χ0) is 27.0. The summed E-state index contributed by atoms with van der Waals surface area (Å²) in [6.45, 7) is 7.62. The summed E-state index contributed by atoms with van der Waals surface area (Å²) in [7, 11) is -4.06. The lowest BCUT2D eigenvalue weighted by Crippen LogP contribution is -2.51. The first-order valence-electron chi connectivity index (χ1n) is 12.4. The van der Waals surface area contributed by atoms with Gasteiger partial charge >= 0.3 is 0 Å². The summed E-state index contributed by atoms with van der Waals surface area (Å²) in [6.07, 6.45) is 0.765. The molecule has 0 fully saturated rings. The molecule has 0 bridgehead atoms. The van der Waals surface area contributed by atoms with Crippen molar-refractivity contribution in [3.05, 3.63) is 95.6 Å². The smallest absolute Gasteiger partial charge is 0.264 e. The van der Waals surface area contributed by atoms with E-state index in [2.05, 4.69) is 5.32 Å². The number of rotatable bonds is 11. The molecule has 0 aromatic heterocycles. The van der Waals surface area contributed by atoms with E-state index in [0.29, 0.717) is 12.2 Å². The Kier molecular flexibility index (Phi) is 9.47. The van der Waals surface area contributed by atoms with Crippen molar-refractivity contribution in [1.82, 2.24) is 10.2 Å². The number of carbonyl (C=O) groups excluding carboxylic acids is 2. The Labute approximate surface area is 220 Å². The second-order valence-corrected chi connectivity index (χ2v) is 11.0. The fourth-order valence-electron chi connectivity index (χ4n) is 3.84. The molecular formula is C29H35N3O4S. The summed E-state index contributed by atoms with van der Waals surface area (Å²) >= 11 is 0. The predicted octanol–water partition coefficient (Wildman–Crippen LogP) is 4.44. The molecule has 1 N–H and O–H groups in total. The summed E-state index contributed by atoms with van der Waals surface area (Å²) in [5, 5.41) is 2.84. The Hall–Kier alpha value is -3.65. The lowest BCUT2D eigenvalue weighted by Gasteiger charge is -2.32. The molecule has 3 rings (SSSR count). The van der Waals surface area contributed by atoms with E-state index in [0.717, 1.165) is 27.4 Å². The zero-order valence-corrected chi connectivity index (χ0v) is 22.7. The molecule has 0 spiro atoms. The summed E-state index contributed by atoms with van der Waals surface area (Å²) in [6, 6.07) is 22.1. The van der Waals surface area contributed by atoms with Gasteiger partial charge in [-0.2, -0.15) is 0 Å². The highest BCUT2D eigenvalue weighted by Gasteiger charge is 2.32. The van der Waals surface area contributed by atoms with Crippen LogP contribution in [0.1, 0.15) is 37.0 Å². The molecule has 7 nitrogen and oxygen atoms in total.